The van der Waals surface area contributed by atoms with Crippen LogP contribution in [0.25, 0.3) is 0 Å². The SMILES string of the molecule is CC/C=C\C/C=C\C/C=C\C/C=C\C/C=C\C/C=C\CCCCCCCCCCCCCCCCCCC(=O)OCC(COC(=O)CCCCCCC/C=C\C/C=C\CCC)OC(=O)CCCCCCC/C=C\C/C=C\CCC. The summed E-state index contributed by atoms with van der Waals surface area (Å²) in [4.78, 5) is 38.2. The molecule has 1 unspecified atom stereocenters. The topological polar surface area (TPSA) is 78.9 Å². The minimum absolute atomic E-state index is 0.0877. The average Bonchev–Trinajstić information content (AvgIpc) is 3.45. The molecule has 0 aliphatic carbocycles. The van der Waals surface area contributed by atoms with Crippen LogP contribution >= 0.6 is 0 Å². The Hall–Kier alpha value is -4.19. The lowest BCUT2D eigenvalue weighted by atomic mass is 10.0. The van der Waals surface area contributed by atoms with Gasteiger partial charge in [0, 0.05) is 19.3 Å². The van der Waals surface area contributed by atoms with Crippen LogP contribution < -0.4 is 0 Å². The van der Waals surface area contributed by atoms with E-state index in [-0.39, 0.29) is 31.1 Å². The quantitative estimate of drug-likeness (QED) is 0.0261. The van der Waals surface area contributed by atoms with Crippen LogP contribution in [0, 0.1) is 0 Å². The van der Waals surface area contributed by atoms with E-state index < -0.39 is 6.10 Å². The first kappa shape index (κ1) is 74.8. The van der Waals surface area contributed by atoms with Gasteiger partial charge in [0.2, 0.25) is 0 Å². The van der Waals surface area contributed by atoms with Gasteiger partial charge in [0.1, 0.15) is 13.2 Å². The Labute approximate surface area is 488 Å². The smallest absolute Gasteiger partial charge is 0.306 e. The molecule has 0 rings (SSSR count). The summed E-state index contributed by atoms with van der Waals surface area (Å²) in [6.45, 7) is 6.38. The highest BCUT2D eigenvalue weighted by Crippen LogP contribution is 2.16. The fourth-order valence-electron chi connectivity index (χ4n) is 8.99. The minimum Gasteiger partial charge on any atom is -0.462 e. The molecule has 0 N–H and O–H groups in total. The molecule has 0 saturated heterocycles. The van der Waals surface area contributed by atoms with Crippen molar-refractivity contribution in [2.75, 3.05) is 13.2 Å². The molecule has 0 aromatic carbocycles. The molecule has 0 aromatic rings. The number of unbranched alkanes of at least 4 members (excludes halogenated alkanes) is 28. The first-order valence-electron chi connectivity index (χ1n) is 33.0. The summed E-state index contributed by atoms with van der Waals surface area (Å²) >= 11 is 0. The third kappa shape index (κ3) is 64.5. The van der Waals surface area contributed by atoms with Crippen LogP contribution in [0.3, 0.4) is 0 Å². The second-order valence-corrected chi connectivity index (χ2v) is 21.6. The largest absolute Gasteiger partial charge is 0.462 e. The minimum atomic E-state index is -0.792. The molecule has 1 atom stereocenters. The van der Waals surface area contributed by atoms with Gasteiger partial charge in [-0.05, 0) is 122 Å². The maximum Gasteiger partial charge on any atom is 0.306 e. The zero-order chi connectivity index (χ0) is 57.1. The lowest BCUT2D eigenvalue weighted by Gasteiger charge is -2.18. The normalized spacial score (nSPS) is 12.9. The summed E-state index contributed by atoms with van der Waals surface area (Å²) in [7, 11) is 0. The zero-order valence-electron chi connectivity index (χ0n) is 51.6. The van der Waals surface area contributed by atoms with E-state index >= 15 is 0 Å². The average molecular weight is 1100 g/mol. The Balaban J connectivity index is 4.13. The van der Waals surface area contributed by atoms with Crippen LogP contribution in [0.2, 0.25) is 0 Å². The summed E-state index contributed by atoms with van der Waals surface area (Å²) in [6.07, 6.45) is 92.3. The van der Waals surface area contributed by atoms with Crippen molar-refractivity contribution in [1.29, 1.82) is 0 Å². The van der Waals surface area contributed by atoms with Crippen molar-refractivity contribution in [3.8, 4) is 0 Å². The van der Waals surface area contributed by atoms with Gasteiger partial charge in [-0.2, -0.15) is 0 Å². The fourth-order valence-corrected chi connectivity index (χ4v) is 8.99. The fraction of sp³-hybridized carbons (Fsp3) is 0.685. The molecule has 0 spiro atoms. The molecule has 0 saturated carbocycles. The Bertz CT molecular complexity index is 1640. The van der Waals surface area contributed by atoms with Crippen LogP contribution in [0.4, 0.5) is 0 Å². The molecular formula is C73H122O6. The first-order valence-corrected chi connectivity index (χ1v) is 33.0. The van der Waals surface area contributed by atoms with Crippen molar-refractivity contribution < 1.29 is 28.6 Å². The number of allylic oxidation sites excluding steroid dienone is 20. The summed E-state index contributed by atoms with van der Waals surface area (Å²) in [5.41, 5.74) is 0. The summed E-state index contributed by atoms with van der Waals surface area (Å²) in [5.74, 6) is -0.912. The predicted octanol–water partition coefficient (Wildman–Crippen LogP) is 22.8. The first-order chi connectivity index (χ1) is 39.0. The Morgan fingerprint density at radius 1 is 0.266 bits per heavy atom. The van der Waals surface area contributed by atoms with Gasteiger partial charge < -0.3 is 14.2 Å². The number of rotatable bonds is 59. The van der Waals surface area contributed by atoms with E-state index in [0.717, 1.165) is 161 Å². The van der Waals surface area contributed by atoms with Crippen molar-refractivity contribution >= 4 is 17.9 Å². The summed E-state index contributed by atoms with van der Waals surface area (Å²) in [5, 5.41) is 0. The number of carbonyl (C=O) groups excluding carboxylic acids is 3. The van der Waals surface area contributed by atoms with Gasteiger partial charge in [0.05, 0.1) is 0 Å². The van der Waals surface area contributed by atoms with E-state index in [0.29, 0.717) is 19.3 Å². The highest BCUT2D eigenvalue weighted by molar-refractivity contribution is 5.71. The molecule has 450 valence electrons. The second kappa shape index (κ2) is 66.3. The standard InChI is InChI=1S/C73H122O6/c1-4-7-10-13-16-19-22-25-26-27-28-29-30-31-32-33-34-35-36-37-38-39-40-41-42-43-44-45-46-49-51-54-57-60-63-66-72(75)78-69-70(79-73(76)67-64-61-58-55-52-48-24-21-18-15-12-9-6-3)68-77-71(74)65-62-59-56-53-50-47-23-20-17-14-11-8-5-2/h7,10-12,14-16,19-21,23-26,28-29,31-32,34-35,70H,4-6,8-9,13,17-18,22,27,30,33,36-69H2,1-3H3/b10-7-,14-11-,15-12-,19-16-,23-20-,24-21-,26-25-,29-28-,32-31-,35-34-. The summed E-state index contributed by atoms with van der Waals surface area (Å²) in [6, 6.07) is 0. The van der Waals surface area contributed by atoms with Crippen molar-refractivity contribution in [3.63, 3.8) is 0 Å². The third-order valence-corrected chi connectivity index (χ3v) is 13.9. The van der Waals surface area contributed by atoms with E-state index in [1.165, 1.54) is 103 Å². The molecule has 6 heteroatoms. The monoisotopic (exact) mass is 1090 g/mol. The van der Waals surface area contributed by atoms with Crippen LogP contribution in [-0.4, -0.2) is 37.2 Å². The van der Waals surface area contributed by atoms with E-state index in [1.807, 2.05) is 0 Å². The number of esters is 3. The molecule has 0 fully saturated rings. The van der Waals surface area contributed by atoms with Crippen LogP contribution in [0.5, 0.6) is 0 Å². The van der Waals surface area contributed by atoms with E-state index in [9.17, 15) is 14.4 Å². The maximum atomic E-state index is 12.9. The molecule has 6 nitrogen and oxygen atoms in total. The Morgan fingerprint density at radius 3 is 0.772 bits per heavy atom. The third-order valence-electron chi connectivity index (χ3n) is 13.9. The number of hydrogen-bond donors (Lipinski definition) is 0. The van der Waals surface area contributed by atoms with Crippen LogP contribution in [-0.2, 0) is 28.6 Å². The molecule has 0 amide bonds. The Morgan fingerprint density at radius 2 is 0.494 bits per heavy atom. The van der Waals surface area contributed by atoms with Crippen LogP contribution in [0.15, 0.2) is 122 Å². The van der Waals surface area contributed by atoms with Crippen molar-refractivity contribution in [3.05, 3.63) is 122 Å². The molecule has 0 radical (unpaired) electrons. The van der Waals surface area contributed by atoms with Gasteiger partial charge >= 0.3 is 17.9 Å². The van der Waals surface area contributed by atoms with E-state index in [2.05, 4.69) is 142 Å². The molecule has 0 aliphatic heterocycles. The summed E-state index contributed by atoms with van der Waals surface area (Å²) < 4.78 is 16.9. The lowest BCUT2D eigenvalue weighted by molar-refractivity contribution is -0.167. The molecule has 0 bridgehead atoms. The number of carbonyl (C=O) groups is 3. The van der Waals surface area contributed by atoms with Crippen LogP contribution in [0.1, 0.15) is 303 Å². The molecular weight excluding hydrogens is 973 g/mol. The zero-order valence-corrected chi connectivity index (χ0v) is 51.6. The molecule has 0 heterocycles. The highest BCUT2D eigenvalue weighted by atomic mass is 16.6. The van der Waals surface area contributed by atoms with Gasteiger partial charge in [-0.15, -0.1) is 0 Å². The van der Waals surface area contributed by atoms with Gasteiger partial charge in [0.15, 0.2) is 6.10 Å². The van der Waals surface area contributed by atoms with Gasteiger partial charge in [-0.3, -0.25) is 14.4 Å². The number of ether oxygens (including phenoxy) is 3. The predicted molar refractivity (Wildman–Crippen MR) is 343 cm³/mol. The Kier molecular flexibility index (Phi) is 62.8. The molecule has 79 heavy (non-hydrogen) atoms. The highest BCUT2D eigenvalue weighted by Gasteiger charge is 2.19. The van der Waals surface area contributed by atoms with Gasteiger partial charge in [-0.1, -0.05) is 284 Å². The van der Waals surface area contributed by atoms with E-state index in [1.54, 1.807) is 0 Å². The van der Waals surface area contributed by atoms with Crippen molar-refractivity contribution in [2.24, 2.45) is 0 Å². The van der Waals surface area contributed by atoms with Gasteiger partial charge in [-0.25, -0.2) is 0 Å². The van der Waals surface area contributed by atoms with Crippen molar-refractivity contribution in [1.82, 2.24) is 0 Å². The molecule has 0 aromatic heterocycles. The number of hydrogen-bond acceptors (Lipinski definition) is 6. The molecule has 0 aliphatic rings. The lowest BCUT2D eigenvalue weighted by Crippen LogP contribution is -2.30. The second-order valence-electron chi connectivity index (χ2n) is 21.6. The van der Waals surface area contributed by atoms with E-state index in [4.69, 9.17) is 14.2 Å². The van der Waals surface area contributed by atoms with Gasteiger partial charge in [0.25, 0.3) is 0 Å². The maximum absolute atomic E-state index is 12.9. The van der Waals surface area contributed by atoms with Crippen molar-refractivity contribution in [2.45, 2.75) is 309 Å².